The summed E-state index contributed by atoms with van der Waals surface area (Å²) in [6, 6.07) is 0. The monoisotopic (exact) mass is 367 g/mol. The molecular weight excluding hydrogens is 334 g/mol. The topological polar surface area (TPSA) is 62.3 Å². The zero-order valence-corrected chi connectivity index (χ0v) is 16.6. The van der Waals surface area contributed by atoms with Crippen molar-refractivity contribution in [3.63, 3.8) is 0 Å². The predicted molar refractivity (Wildman–Crippen MR) is 97.9 cm³/mol. The van der Waals surface area contributed by atoms with Gasteiger partial charge in [0.05, 0.1) is 13.2 Å². The summed E-state index contributed by atoms with van der Waals surface area (Å²) >= 11 is 0. The lowest BCUT2D eigenvalue weighted by Crippen LogP contribution is -2.49. The highest BCUT2D eigenvalue weighted by atomic mass is 16.6. The Hall–Kier alpha value is -1.34. The second-order valence-electron chi connectivity index (χ2n) is 8.84. The van der Waals surface area contributed by atoms with Crippen molar-refractivity contribution >= 4 is 12.0 Å². The maximum atomic E-state index is 12.6. The molecule has 0 radical (unpaired) electrons. The number of carbonyl (C=O) groups is 2. The largest absolute Gasteiger partial charge is 0.441 e. The maximum absolute atomic E-state index is 12.6. The van der Waals surface area contributed by atoms with Gasteiger partial charge in [-0.05, 0) is 18.9 Å². The number of ether oxygens (including phenoxy) is 2. The Kier molecular flexibility index (Phi) is 5.49. The number of likely N-dealkylation sites (tertiary alicyclic amines) is 1. The standard InChI is InChI=1S/C19H33N3O4/c1-18(2)13-15(18)16(23)21-7-5-19(6-8-21)14-22(17(24)26-19)10-9-20(3)11-12-25-4/h15H,5-14H2,1-4H3. The van der Waals surface area contributed by atoms with Gasteiger partial charge in [0.2, 0.25) is 5.91 Å². The van der Waals surface area contributed by atoms with Gasteiger partial charge in [0.25, 0.3) is 0 Å². The molecule has 2 saturated heterocycles. The van der Waals surface area contributed by atoms with Crippen LogP contribution in [0.15, 0.2) is 0 Å². The fraction of sp³-hybridized carbons (Fsp3) is 0.895. The molecule has 1 unspecified atom stereocenters. The molecule has 7 nitrogen and oxygen atoms in total. The van der Waals surface area contributed by atoms with Crippen molar-refractivity contribution in [2.75, 3.05) is 60.0 Å². The Morgan fingerprint density at radius 2 is 1.96 bits per heavy atom. The molecule has 148 valence electrons. The van der Waals surface area contributed by atoms with Crippen molar-refractivity contribution < 1.29 is 19.1 Å². The lowest BCUT2D eigenvalue weighted by molar-refractivity contribution is -0.136. The summed E-state index contributed by atoms with van der Waals surface area (Å²) in [7, 11) is 3.72. The summed E-state index contributed by atoms with van der Waals surface area (Å²) < 4.78 is 10.8. The minimum Gasteiger partial charge on any atom is -0.441 e. The second kappa shape index (κ2) is 7.35. The number of nitrogens with zero attached hydrogens (tertiary/aromatic N) is 3. The first kappa shape index (κ1) is 19.4. The van der Waals surface area contributed by atoms with Crippen LogP contribution < -0.4 is 0 Å². The van der Waals surface area contributed by atoms with E-state index >= 15 is 0 Å². The van der Waals surface area contributed by atoms with Gasteiger partial charge in [-0.3, -0.25) is 4.79 Å². The number of amides is 2. The van der Waals surface area contributed by atoms with Crippen LogP contribution in [0.5, 0.6) is 0 Å². The second-order valence-corrected chi connectivity index (χ2v) is 8.84. The Morgan fingerprint density at radius 3 is 2.54 bits per heavy atom. The third kappa shape index (κ3) is 4.14. The third-order valence-corrected chi connectivity index (χ3v) is 6.27. The predicted octanol–water partition coefficient (Wildman–Crippen LogP) is 1.42. The SMILES string of the molecule is COCCN(C)CCN1CC2(CCN(C(=O)C3CC3(C)C)CC2)OC1=O. The number of methoxy groups -OCH3 is 1. The molecule has 3 rings (SSSR count). The van der Waals surface area contributed by atoms with E-state index in [1.807, 2.05) is 16.8 Å². The van der Waals surface area contributed by atoms with Crippen molar-refractivity contribution in [3.05, 3.63) is 0 Å². The summed E-state index contributed by atoms with van der Waals surface area (Å²) in [4.78, 5) is 30.8. The van der Waals surface area contributed by atoms with Gasteiger partial charge in [-0.25, -0.2) is 4.79 Å². The lowest BCUT2D eigenvalue weighted by Gasteiger charge is -2.37. The average Bonchev–Trinajstić information content (AvgIpc) is 3.13. The number of hydrogen-bond donors (Lipinski definition) is 0. The van der Waals surface area contributed by atoms with Gasteiger partial charge >= 0.3 is 6.09 Å². The van der Waals surface area contributed by atoms with Crippen molar-refractivity contribution in [1.29, 1.82) is 0 Å². The molecule has 3 aliphatic rings. The first-order valence-corrected chi connectivity index (χ1v) is 9.71. The summed E-state index contributed by atoms with van der Waals surface area (Å²) in [5.41, 5.74) is -0.240. The molecule has 1 spiro atoms. The van der Waals surface area contributed by atoms with E-state index in [9.17, 15) is 9.59 Å². The molecule has 2 aliphatic heterocycles. The zero-order valence-electron chi connectivity index (χ0n) is 16.6. The first-order chi connectivity index (χ1) is 12.3. The molecule has 2 amide bonds. The van der Waals surface area contributed by atoms with E-state index in [2.05, 4.69) is 18.7 Å². The van der Waals surface area contributed by atoms with Crippen LogP contribution in [-0.4, -0.2) is 92.3 Å². The Morgan fingerprint density at radius 1 is 1.31 bits per heavy atom. The highest BCUT2D eigenvalue weighted by Crippen LogP contribution is 2.52. The molecule has 26 heavy (non-hydrogen) atoms. The van der Waals surface area contributed by atoms with Crippen LogP contribution in [-0.2, 0) is 14.3 Å². The number of hydrogen-bond acceptors (Lipinski definition) is 5. The first-order valence-electron chi connectivity index (χ1n) is 9.71. The molecule has 1 aliphatic carbocycles. The van der Waals surface area contributed by atoms with E-state index in [4.69, 9.17) is 9.47 Å². The van der Waals surface area contributed by atoms with Crippen LogP contribution in [0.2, 0.25) is 0 Å². The molecule has 0 bridgehead atoms. The molecule has 0 N–H and O–H groups in total. The summed E-state index contributed by atoms with van der Waals surface area (Å²) in [6.07, 6.45) is 2.27. The van der Waals surface area contributed by atoms with Crippen LogP contribution >= 0.6 is 0 Å². The molecule has 0 aromatic carbocycles. The zero-order chi connectivity index (χ0) is 18.9. The minimum absolute atomic E-state index is 0.164. The quantitative estimate of drug-likeness (QED) is 0.681. The fourth-order valence-corrected chi connectivity index (χ4v) is 4.02. The molecule has 7 heteroatoms. The van der Waals surface area contributed by atoms with Crippen molar-refractivity contribution in [2.45, 2.75) is 38.7 Å². The fourth-order valence-electron chi connectivity index (χ4n) is 4.02. The van der Waals surface area contributed by atoms with E-state index in [1.165, 1.54) is 0 Å². The van der Waals surface area contributed by atoms with Crippen LogP contribution in [0.25, 0.3) is 0 Å². The van der Waals surface area contributed by atoms with Crippen molar-refractivity contribution in [3.8, 4) is 0 Å². The van der Waals surface area contributed by atoms with Crippen LogP contribution in [0.3, 0.4) is 0 Å². The van der Waals surface area contributed by atoms with Gasteiger partial charge in [-0.1, -0.05) is 13.8 Å². The Labute approximate surface area is 156 Å². The number of likely N-dealkylation sites (N-methyl/N-ethyl adjacent to an activating group) is 1. The number of piperidine rings is 1. The molecule has 1 saturated carbocycles. The Balaban J connectivity index is 1.46. The summed E-state index contributed by atoms with van der Waals surface area (Å²) in [6.45, 7) is 9.34. The van der Waals surface area contributed by atoms with Gasteiger partial charge in [0.1, 0.15) is 5.60 Å². The average molecular weight is 367 g/mol. The Bertz CT molecular complexity index is 543. The van der Waals surface area contributed by atoms with Crippen molar-refractivity contribution in [2.24, 2.45) is 11.3 Å². The number of rotatable bonds is 7. The third-order valence-electron chi connectivity index (χ3n) is 6.27. The van der Waals surface area contributed by atoms with Crippen molar-refractivity contribution in [1.82, 2.24) is 14.7 Å². The molecule has 3 fully saturated rings. The highest BCUT2D eigenvalue weighted by Gasteiger charge is 2.54. The van der Waals surface area contributed by atoms with Gasteiger partial charge < -0.3 is 24.2 Å². The van der Waals surface area contributed by atoms with Gasteiger partial charge in [0.15, 0.2) is 0 Å². The lowest BCUT2D eigenvalue weighted by atomic mass is 9.91. The van der Waals surface area contributed by atoms with Gasteiger partial charge in [-0.2, -0.15) is 0 Å². The summed E-state index contributed by atoms with van der Waals surface area (Å²) in [5, 5.41) is 0. The van der Waals surface area contributed by atoms with E-state index in [-0.39, 0.29) is 23.3 Å². The van der Waals surface area contributed by atoms with E-state index in [1.54, 1.807) is 7.11 Å². The van der Waals surface area contributed by atoms with Gasteiger partial charge in [0, 0.05) is 58.6 Å². The normalized spacial score (nSPS) is 26.5. The van der Waals surface area contributed by atoms with E-state index in [0.717, 1.165) is 32.4 Å². The van der Waals surface area contributed by atoms with Crippen LogP contribution in [0, 0.1) is 11.3 Å². The maximum Gasteiger partial charge on any atom is 0.410 e. The molecule has 2 heterocycles. The molecule has 0 aromatic rings. The van der Waals surface area contributed by atoms with Gasteiger partial charge in [-0.15, -0.1) is 0 Å². The summed E-state index contributed by atoms with van der Waals surface area (Å²) in [5.74, 6) is 0.465. The van der Waals surface area contributed by atoms with Crippen LogP contribution in [0.1, 0.15) is 33.1 Å². The highest BCUT2D eigenvalue weighted by molar-refractivity contribution is 5.82. The van der Waals surface area contributed by atoms with Crippen LogP contribution in [0.4, 0.5) is 4.79 Å². The molecule has 1 atom stereocenters. The molecule has 0 aromatic heterocycles. The minimum atomic E-state index is -0.405. The number of carbonyl (C=O) groups excluding carboxylic acids is 2. The van der Waals surface area contributed by atoms with E-state index < -0.39 is 5.60 Å². The molecular formula is C19H33N3O4. The smallest absolute Gasteiger partial charge is 0.410 e. The van der Waals surface area contributed by atoms with E-state index in [0.29, 0.717) is 32.8 Å².